The zero-order valence-electron chi connectivity index (χ0n) is 25.1. The summed E-state index contributed by atoms with van der Waals surface area (Å²) in [6, 6.07) is 13.2. The van der Waals surface area contributed by atoms with Gasteiger partial charge in [0.15, 0.2) is 0 Å². The van der Waals surface area contributed by atoms with Crippen LogP contribution in [-0.4, -0.2) is 65.3 Å². The number of esters is 1. The van der Waals surface area contributed by atoms with Gasteiger partial charge in [-0.25, -0.2) is 0 Å². The van der Waals surface area contributed by atoms with Gasteiger partial charge in [-0.3, -0.25) is 14.4 Å². The molecule has 8 nitrogen and oxygen atoms in total. The molecule has 3 aliphatic heterocycles. The van der Waals surface area contributed by atoms with E-state index in [-0.39, 0.29) is 25.0 Å². The highest BCUT2D eigenvalue weighted by Crippen LogP contribution is 2.60. The Kier molecular flexibility index (Phi) is 9.18. The first-order valence-corrected chi connectivity index (χ1v) is 15.2. The Bertz CT molecular complexity index is 1380. The van der Waals surface area contributed by atoms with Crippen LogP contribution in [0.15, 0.2) is 73.8 Å². The Morgan fingerprint density at radius 3 is 2.63 bits per heavy atom. The molecule has 228 valence electrons. The van der Waals surface area contributed by atoms with Crippen molar-refractivity contribution in [3.63, 3.8) is 0 Å². The van der Waals surface area contributed by atoms with E-state index in [4.69, 9.17) is 9.47 Å². The van der Waals surface area contributed by atoms with E-state index in [0.29, 0.717) is 24.8 Å². The number of carbonyl (C=O) groups excluding carboxylic acids is 3. The van der Waals surface area contributed by atoms with Crippen molar-refractivity contribution in [3.8, 4) is 0 Å². The lowest BCUT2D eigenvalue weighted by Gasteiger charge is -2.39. The summed E-state index contributed by atoms with van der Waals surface area (Å²) >= 11 is 0. The van der Waals surface area contributed by atoms with Crippen LogP contribution < -0.4 is 4.90 Å². The van der Waals surface area contributed by atoms with Crippen molar-refractivity contribution in [2.75, 3.05) is 24.7 Å². The highest BCUT2D eigenvalue weighted by Gasteiger charge is 2.75. The Labute approximate surface area is 254 Å². The van der Waals surface area contributed by atoms with Gasteiger partial charge in [0.25, 0.3) is 5.91 Å². The smallest absolute Gasteiger partial charge is 0.312 e. The van der Waals surface area contributed by atoms with Gasteiger partial charge in [0, 0.05) is 12.2 Å². The van der Waals surface area contributed by atoms with Gasteiger partial charge in [0.1, 0.15) is 11.6 Å². The third kappa shape index (κ3) is 5.43. The Balaban J connectivity index is 1.57. The quantitative estimate of drug-likeness (QED) is 0.205. The molecule has 3 saturated heterocycles. The highest BCUT2D eigenvalue weighted by atomic mass is 16.6. The van der Waals surface area contributed by atoms with Crippen molar-refractivity contribution in [2.24, 2.45) is 11.8 Å². The van der Waals surface area contributed by atoms with Crippen molar-refractivity contribution in [2.45, 2.75) is 69.7 Å². The van der Waals surface area contributed by atoms with Crippen LogP contribution in [0.5, 0.6) is 0 Å². The molecule has 2 aromatic carbocycles. The van der Waals surface area contributed by atoms with Crippen LogP contribution in [0.2, 0.25) is 0 Å². The first-order valence-electron chi connectivity index (χ1n) is 15.2. The third-order valence-corrected chi connectivity index (χ3v) is 9.22. The fraction of sp³-hybridized carbons (Fsp3) is 0.457. The molecule has 2 bridgehead atoms. The summed E-state index contributed by atoms with van der Waals surface area (Å²) < 4.78 is 12.3. The minimum atomic E-state index is -1.22. The largest absolute Gasteiger partial charge is 0.465 e. The average molecular weight is 587 g/mol. The predicted molar refractivity (Wildman–Crippen MR) is 164 cm³/mol. The number of rotatable bonds is 13. The number of aryl methyl sites for hydroxylation is 2. The fourth-order valence-electron chi connectivity index (χ4n) is 7.26. The zero-order valence-corrected chi connectivity index (χ0v) is 25.1. The van der Waals surface area contributed by atoms with Gasteiger partial charge < -0.3 is 24.4 Å². The van der Waals surface area contributed by atoms with Crippen molar-refractivity contribution in [1.29, 1.82) is 0 Å². The second kappa shape index (κ2) is 12.9. The Morgan fingerprint density at radius 1 is 1.16 bits per heavy atom. The van der Waals surface area contributed by atoms with Crippen LogP contribution in [-0.2, 0) is 23.9 Å². The summed E-state index contributed by atoms with van der Waals surface area (Å²) in [5.74, 6) is -2.85. The second-order valence-electron chi connectivity index (χ2n) is 11.9. The van der Waals surface area contributed by atoms with Gasteiger partial charge in [-0.2, -0.15) is 0 Å². The lowest BCUT2D eigenvalue weighted by molar-refractivity contribution is -0.156. The number of anilines is 1. The molecule has 6 atom stereocenters. The molecule has 1 spiro atoms. The Hall–Kier alpha value is -3.75. The molecule has 0 aromatic heterocycles. The molecular formula is C35H42N2O6. The molecule has 5 rings (SSSR count). The number of aliphatic hydroxyl groups excluding tert-OH is 1. The molecule has 1 N–H and O–H groups in total. The molecule has 3 aliphatic rings. The van der Waals surface area contributed by atoms with E-state index in [1.165, 1.54) is 4.90 Å². The highest BCUT2D eigenvalue weighted by molar-refractivity contribution is 6.05. The van der Waals surface area contributed by atoms with Crippen molar-refractivity contribution < 1.29 is 29.0 Å². The second-order valence-corrected chi connectivity index (χ2v) is 11.9. The van der Waals surface area contributed by atoms with Gasteiger partial charge in [0.05, 0.1) is 37.2 Å². The molecule has 3 heterocycles. The van der Waals surface area contributed by atoms with Gasteiger partial charge in [-0.05, 0) is 68.7 Å². The van der Waals surface area contributed by atoms with E-state index in [2.05, 4.69) is 13.2 Å². The normalized spacial score (nSPS) is 26.2. The number of unbranched alkanes of at least 4 members (excludes halogenated alkanes) is 2. The third-order valence-electron chi connectivity index (χ3n) is 9.22. The number of amides is 2. The first-order chi connectivity index (χ1) is 20.8. The molecule has 43 heavy (non-hydrogen) atoms. The number of ether oxygens (including phenoxy) is 2. The maximum absolute atomic E-state index is 14.9. The molecular weight excluding hydrogens is 544 g/mol. The summed E-state index contributed by atoms with van der Waals surface area (Å²) in [4.78, 5) is 46.1. The monoisotopic (exact) mass is 586 g/mol. The van der Waals surface area contributed by atoms with E-state index in [1.54, 1.807) is 11.0 Å². The molecule has 0 saturated carbocycles. The fourth-order valence-corrected chi connectivity index (χ4v) is 7.26. The SMILES string of the molecule is C=CCCCCOC(=O)[C@@H]1[C@H]2C(=O)N([C@H](CO)c3ccccc3)C(C(=O)N(CC=C)c3cc(C)ccc3C)C23CC[C@H]1O3. The molecule has 2 amide bonds. The van der Waals surface area contributed by atoms with Crippen LogP contribution in [0.1, 0.15) is 54.8 Å². The van der Waals surface area contributed by atoms with Crippen molar-refractivity contribution >= 4 is 23.5 Å². The first kappa shape index (κ1) is 30.7. The lowest BCUT2D eigenvalue weighted by Crippen LogP contribution is -2.57. The van der Waals surface area contributed by atoms with Gasteiger partial charge in [0.2, 0.25) is 5.91 Å². The number of benzene rings is 2. The van der Waals surface area contributed by atoms with E-state index in [9.17, 15) is 19.5 Å². The summed E-state index contributed by atoms with van der Waals surface area (Å²) in [5, 5.41) is 10.7. The number of hydrogen-bond donors (Lipinski definition) is 1. The summed E-state index contributed by atoms with van der Waals surface area (Å²) in [5.41, 5.74) is 2.10. The number of nitrogens with zero attached hydrogens (tertiary/aromatic N) is 2. The molecule has 0 radical (unpaired) electrons. The number of likely N-dealkylation sites (tertiary alicyclic amines) is 1. The van der Waals surface area contributed by atoms with Gasteiger partial charge in [-0.1, -0.05) is 54.6 Å². The number of allylic oxidation sites excluding steroid dienone is 1. The molecule has 2 unspecified atom stereocenters. The van der Waals surface area contributed by atoms with Crippen LogP contribution >= 0.6 is 0 Å². The number of hydrogen-bond acceptors (Lipinski definition) is 6. The van der Waals surface area contributed by atoms with Crippen molar-refractivity contribution in [3.05, 3.63) is 90.5 Å². The van der Waals surface area contributed by atoms with Crippen LogP contribution in [0.25, 0.3) is 0 Å². The van der Waals surface area contributed by atoms with Gasteiger partial charge >= 0.3 is 5.97 Å². The van der Waals surface area contributed by atoms with E-state index >= 15 is 0 Å². The number of aliphatic hydroxyl groups is 1. The lowest BCUT2D eigenvalue weighted by atomic mass is 9.70. The maximum Gasteiger partial charge on any atom is 0.312 e. The van der Waals surface area contributed by atoms with Crippen LogP contribution in [0.4, 0.5) is 5.69 Å². The van der Waals surface area contributed by atoms with Crippen LogP contribution in [0.3, 0.4) is 0 Å². The van der Waals surface area contributed by atoms with Crippen LogP contribution in [0, 0.1) is 25.7 Å². The average Bonchev–Trinajstić information content (AvgIpc) is 3.65. The van der Waals surface area contributed by atoms with E-state index < -0.39 is 48.2 Å². The molecule has 0 aliphatic carbocycles. The number of fused-ring (bicyclic) bond motifs is 1. The summed E-state index contributed by atoms with van der Waals surface area (Å²) in [6.07, 6.45) is 6.35. The molecule has 2 aromatic rings. The minimum absolute atomic E-state index is 0.219. The Morgan fingerprint density at radius 2 is 1.93 bits per heavy atom. The molecule has 3 fully saturated rings. The van der Waals surface area contributed by atoms with Crippen molar-refractivity contribution in [1.82, 2.24) is 4.90 Å². The van der Waals surface area contributed by atoms with E-state index in [0.717, 1.165) is 29.7 Å². The maximum atomic E-state index is 14.9. The predicted octanol–water partition coefficient (Wildman–Crippen LogP) is 4.83. The zero-order chi connectivity index (χ0) is 30.7. The van der Waals surface area contributed by atoms with Gasteiger partial charge in [-0.15, -0.1) is 13.2 Å². The standard InChI is InChI=1S/C35H42N2O6/c1-5-7-8-12-20-42-34(41)29-28-17-18-35(43-28)30(29)32(39)37(27(22-38)25-13-10-9-11-14-25)31(35)33(40)36(19-6-2)26-21-23(3)15-16-24(26)4/h5-6,9-11,13-16,21,27-31,38H,1-2,7-8,12,17-20,22H2,3-4H3/t27-,28-,29+,30+,31?,35?/m1/s1. The number of carbonyl (C=O) groups is 3. The summed E-state index contributed by atoms with van der Waals surface area (Å²) in [6.45, 7) is 11.6. The minimum Gasteiger partial charge on any atom is -0.465 e. The van der Waals surface area contributed by atoms with E-state index in [1.807, 2.05) is 68.5 Å². The topological polar surface area (TPSA) is 96.4 Å². The molecule has 8 heteroatoms. The summed E-state index contributed by atoms with van der Waals surface area (Å²) in [7, 11) is 0.